The van der Waals surface area contributed by atoms with E-state index in [4.69, 9.17) is 4.74 Å². The largest absolute Gasteiger partial charge is 0.488 e. The summed E-state index contributed by atoms with van der Waals surface area (Å²) in [7, 11) is -3.19. The lowest BCUT2D eigenvalue weighted by Gasteiger charge is -2.36. The van der Waals surface area contributed by atoms with Crippen LogP contribution < -0.4 is 4.74 Å². The van der Waals surface area contributed by atoms with Crippen LogP contribution in [0.5, 0.6) is 5.75 Å². The highest BCUT2D eigenvalue weighted by molar-refractivity contribution is 7.88. The number of alkyl halides is 3. The maximum absolute atomic E-state index is 13.3. The number of hydrogen-bond acceptors (Lipinski definition) is 5. The van der Waals surface area contributed by atoms with Gasteiger partial charge in [0.05, 0.1) is 23.6 Å². The van der Waals surface area contributed by atoms with Gasteiger partial charge in [-0.05, 0) is 62.8 Å². The minimum absolute atomic E-state index is 0.0396. The van der Waals surface area contributed by atoms with Crippen LogP contribution in [0.4, 0.5) is 13.2 Å². The van der Waals surface area contributed by atoms with Crippen LogP contribution in [0.3, 0.4) is 0 Å². The Morgan fingerprint density at radius 2 is 1.94 bits per heavy atom. The Hall–Kier alpha value is -1.65. The van der Waals surface area contributed by atoms with Crippen LogP contribution in [0.15, 0.2) is 18.3 Å². The van der Waals surface area contributed by atoms with Crippen molar-refractivity contribution >= 4 is 15.6 Å². The molecule has 1 aliphatic carbocycles. The van der Waals surface area contributed by atoms with Gasteiger partial charge in [-0.2, -0.15) is 17.5 Å². The van der Waals surface area contributed by atoms with Crippen molar-refractivity contribution in [3.63, 3.8) is 0 Å². The molecule has 0 N–H and O–H groups in total. The Labute approximate surface area is 192 Å². The Kier molecular flexibility index (Phi) is 5.77. The topological polar surface area (TPSA) is 62.7 Å². The molecule has 1 aromatic rings. The first-order valence-corrected chi connectivity index (χ1v) is 13.5. The Balaban J connectivity index is 1.17. The summed E-state index contributed by atoms with van der Waals surface area (Å²) in [5, 5.41) is 0. The highest BCUT2D eigenvalue weighted by atomic mass is 32.2. The second-order valence-electron chi connectivity index (χ2n) is 10.0. The first-order chi connectivity index (χ1) is 15.5. The number of halogens is 3. The molecular formula is C23H30F3N3O3S. The van der Waals surface area contributed by atoms with E-state index in [9.17, 15) is 21.6 Å². The standard InChI is InChI=1S/C23H30F3N3O3S/c1-33(30,31)29-10-4-16(5-11-29)19-12-18-13-20(32-21(18)14-27-19)17-2-8-28(9-3-17)15-22(6-7-22)23(24,25)26/h4,12,14,17,20H,2-3,5-11,13,15H2,1H3/t20-/m1/s1. The lowest BCUT2D eigenvalue weighted by atomic mass is 9.88. The van der Waals surface area contributed by atoms with Gasteiger partial charge >= 0.3 is 6.18 Å². The van der Waals surface area contributed by atoms with Gasteiger partial charge in [0.15, 0.2) is 0 Å². The predicted octanol–water partition coefficient (Wildman–Crippen LogP) is 3.49. The number of piperidine rings is 1. The molecule has 1 saturated carbocycles. The van der Waals surface area contributed by atoms with Crippen molar-refractivity contribution in [3.05, 3.63) is 29.6 Å². The summed E-state index contributed by atoms with van der Waals surface area (Å²) in [4.78, 5) is 6.53. The SMILES string of the molecule is CS(=O)(=O)N1CC=C(c2cc3c(cn2)O[C@@H](C2CCN(CC4(C(F)(F)F)CC4)CC2)C3)CC1. The van der Waals surface area contributed by atoms with Gasteiger partial charge in [-0.25, -0.2) is 8.42 Å². The highest BCUT2D eigenvalue weighted by Gasteiger charge is 2.63. The third-order valence-electron chi connectivity index (χ3n) is 7.76. The van der Waals surface area contributed by atoms with Crippen molar-refractivity contribution in [1.29, 1.82) is 0 Å². The maximum Gasteiger partial charge on any atom is 0.395 e. The van der Waals surface area contributed by atoms with Crippen LogP contribution in [0.25, 0.3) is 5.57 Å². The van der Waals surface area contributed by atoms with E-state index in [1.165, 1.54) is 10.6 Å². The maximum atomic E-state index is 13.3. The zero-order chi connectivity index (χ0) is 23.4. The molecule has 2 fully saturated rings. The molecule has 3 aliphatic heterocycles. The van der Waals surface area contributed by atoms with Crippen molar-refractivity contribution in [2.24, 2.45) is 11.3 Å². The molecule has 1 aromatic heterocycles. The van der Waals surface area contributed by atoms with E-state index < -0.39 is 21.6 Å². The van der Waals surface area contributed by atoms with Crippen molar-refractivity contribution in [1.82, 2.24) is 14.2 Å². The third-order valence-corrected chi connectivity index (χ3v) is 9.03. The number of rotatable bonds is 5. The first kappa shape index (κ1) is 23.1. The molecule has 5 rings (SSSR count). The molecule has 4 aliphatic rings. The van der Waals surface area contributed by atoms with Gasteiger partial charge in [0, 0.05) is 31.6 Å². The van der Waals surface area contributed by atoms with Gasteiger partial charge in [-0.15, -0.1) is 0 Å². The van der Waals surface area contributed by atoms with Gasteiger partial charge in [-0.3, -0.25) is 4.98 Å². The molecule has 0 radical (unpaired) electrons. The number of ether oxygens (including phenoxy) is 1. The molecule has 4 heterocycles. The van der Waals surface area contributed by atoms with Gasteiger partial charge in [0.25, 0.3) is 0 Å². The molecule has 33 heavy (non-hydrogen) atoms. The van der Waals surface area contributed by atoms with Crippen molar-refractivity contribution in [3.8, 4) is 5.75 Å². The lowest BCUT2D eigenvalue weighted by molar-refractivity contribution is -0.192. The smallest absolute Gasteiger partial charge is 0.395 e. The second-order valence-corrected chi connectivity index (χ2v) is 12.0. The molecule has 0 spiro atoms. The fraction of sp³-hybridized carbons (Fsp3) is 0.696. The molecule has 10 heteroatoms. The van der Waals surface area contributed by atoms with Gasteiger partial charge in [0.2, 0.25) is 10.0 Å². The molecule has 0 unspecified atom stereocenters. The lowest BCUT2D eigenvalue weighted by Crippen LogP contribution is -2.44. The average Bonchev–Trinajstić information content (AvgIpc) is 3.44. The minimum atomic E-state index is -4.10. The van der Waals surface area contributed by atoms with Crippen LogP contribution in [0.1, 0.15) is 43.4 Å². The van der Waals surface area contributed by atoms with E-state index in [-0.39, 0.29) is 25.5 Å². The van der Waals surface area contributed by atoms with Crippen LogP contribution in [-0.4, -0.2) is 73.9 Å². The van der Waals surface area contributed by atoms with Crippen molar-refractivity contribution < 1.29 is 26.3 Å². The van der Waals surface area contributed by atoms with Crippen molar-refractivity contribution in [2.45, 2.75) is 50.8 Å². The van der Waals surface area contributed by atoms with Gasteiger partial charge in [0.1, 0.15) is 11.9 Å². The predicted molar refractivity (Wildman–Crippen MR) is 118 cm³/mol. The first-order valence-electron chi connectivity index (χ1n) is 11.6. The van der Waals surface area contributed by atoms with E-state index in [1.807, 2.05) is 17.0 Å². The third kappa shape index (κ3) is 4.66. The fourth-order valence-corrected chi connectivity index (χ4v) is 6.16. The number of sulfonamides is 1. The van der Waals surface area contributed by atoms with E-state index in [2.05, 4.69) is 4.98 Å². The Morgan fingerprint density at radius 1 is 1.21 bits per heavy atom. The quantitative estimate of drug-likeness (QED) is 0.639. The summed E-state index contributed by atoms with van der Waals surface area (Å²) < 4.78 is 70.9. The molecule has 0 aromatic carbocycles. The Morgan fingerprint density at radius 3 is 2.52 bits per heavy atom. The summed E-state index contributed by atoms with van der Waals surface area (Å²) in [5.74, 6) is 1.12. The van der Waals surface area contributed by atoms with E-state index in [0.717, 1.165) is 41.8 Å². The van der Waals surface area contributed by atoms with Gasteiger partial charge < -0.3 is 9.64 Å². The highest BCUT2D eigenvalue weighted by Crippen LogP contribution is 2.58. The summed E-state index contributed by atoms with van der Waals surface area (Å²) in [6.07, 6.45) is 4.47. The minimum Gasteiger partial charge on any atom is -0.488 e. The summed E-state index contributed by atoms with van der Waals surface area (Å²) >= 11 is 0. The van der Waals surface area contributed by atoms with E-state index in [1.54, 1.807) is 6.20 Å². The summed E-state index contributed by atoms with van der Waals surface area (Å²) in [6.45, 7) is 2.32. The zero-order valence-electron chi connectivity index (χ0n) is 18.8. The second kappa shape index (κ2) is 8.23. The molecular weight excluding hydrogens is 455 g/mol. The number of pyridine rings is 1. The van der Waals surface area contributed by atoms with Crippen LogP contribution in [0.2, 0.25) is 0 Å². The summed E-state index contributed by atoms with van der Waals surface area (Å²) in [6, 6.07) is 2.05. The van der Waals surface area contributed by atoms with Gasteiger partial charge in [-0.1, -0.05) is 6.08 Å². The van der Waals surface area contributed by atoms with E-state index in [0.29, 0.717) is 38.5 Å². The normalized spacial score (nSPS) is 26.5. The number of nitrogens with zero attached hydrogens (tertiary/aromatic N) is 3. The van der Waals surface area contributed by atoms with Crippen LogP contribution in [0, 0.1) is 11.3 Å². The molecule has 0 bridgehead atoms. The molecule has 1 saturated heterocycles. The Bertz CT molecular complexity index is 1040. The number of fused-ring (bicyclic) bond motifs is 1. The van der Waals surface area contributed by atoms with E-state index >= 15 is 0 Å². The zero-order valence-corrected chi connectivity index (χ0v) is 19.6. The molecule has 1 atom stereocenters. The number of hydrogen-bond donors (Lipinski definition) is 0. The summed E-state index contributed by atoms with van der Waals surface area (Å²) in [5.41, 5.74) is 1.55. The van der Waals surface area contributed by atoms with Crippen LogP contribution in [-0.2, 0) is 16.4 Å². The molecule has 6 nitrogen and oxygen atoms in total. The fourth-order valence-electron chi connectivity index (χ4n) is 5.39. The van der Waals surface area contributed by atoms with Crippen molar-refractivity contribution in [2.75, 3.05) is 39.0 Å². The van der Waals surface area contributed by atoms with Crippen LogP contribution >= 0.6 is 0 Å². The number of likely N-dealkylation sites (tertiary alicyclic amines) is 1. The number of aromatic nitrogens is 1. The monoisotopic (exact) mass is 485 g/mol. The average molecular weight is 486 g/mol. The molecule has 0 amide bonds. The molecule has 182 valence electrons.